The minimum absolute atomic E-state index is 0.0737. The summed E-state index contributed by atoms with van der Waals surface area (Å²) < 4.78 is 12.5. The number of hydrogen-bond acceptors (Lipinski definition) is 9. The van der Waals surface area contributed by atoms with E-state index in [1.165, 1.54) is 6.92 Å². The van der Waals surface area contributed by atoms with Crippen LogP contribution in [0, 0.1) is 0 Å². The molecule has 10 nitrogen and oxygen atoms in total. The molecule has 184 valence electrons. The van der Waals surface area contributed by atoms with Crippen LogP contribution in [-0.4, -0.2) is 45.6 Å². The molecule has 0 saturated heterocycles. The van der Waals surface area contributed by atoms with Crippen molar-refractivity contribution >= 4 is 40.1 Å². The maximum Gasteiger partial charge on any atom is 0.355 e. The molecule has 3 aliphatic heterocycles. The number of carbonyl (C=O) groups excluding carboxylic acids is 2. The summed E-state index contributed by atoms with van der Waals surface area (Å²) in [6.45, 7) is 5.16. The van der Waals surface area contributed by atoms with E-state index in [1.807, 2.05) is 30.0 Å². The van der Waals surface area contributed by atoms with Gasteiger partial charge in [-0.05, 0) is 31.5 Å². The van der Waals surface area contributed by atoms with E-state index in [1.54, 1.807) is 17.6 Å². The average Bonchev–Trinajstić information content (AvgIpc) is 3.22. The molecule has 0 aliphatic carbocycles. The summed E-state index contributed by atoms with van der Waals surface area (Å²) in [4.78, 5) is 50.2. The molecule has 1 N–H and O–H groups in total. The van der Waals surface area contributed by atoms with Crippen molar-refractivity contribution in [3.05, 3.63) is 51.3 Å². The van der Waals surface area contributed by atoms with Gasteiger partial charge in [0, 0.05) is 24.6 Å². The Kier molecular flexibility index (Phi) is 4.81. The molecule has 6 rings (SSSR count). The van der Waals surface area contributed by atoms with Gasteiger partial charge in [0.15, 0.2) is 0 Å². The van der Waals surface area contributed by atoms with Crippen LogP contribution in [0.4, 0.5) is 11.4 Å². The number of benzene rings is 1. The first-order chi connectivity index (χ1) is 17.3. The number of carbonyl (C=O) groups is 2. The Morgan fingerprint density at radius 1 is 1.28 bits per heavy atom. The van der Waals surface area contributed by atoms with Crippen LogP contribution in [0.25, 0.3) is 22.3 Å². The topological polar surface area (TPSA) is 123 Å². The van der Waals surface area contributed by atoms with Crippen LogP contribution in [0.3, 0.4) is 0 Å². The van der Waals surface area contributed by atoms with Crippen LogP contribution < -0.4 is 10.5 Å². The molecule has 0 fully saturated rings. The Bertz CT molecular complexity index is 1590. The lowest BCUT2D eigenvalue weighted by atomic mass is 9.85. The first-order valence-electron chi connectivity index (χ1n) is 11.8. The van der Waals surface area contributed by atoms with Crippen LogP contribution in [0.5, 0.6) is 0 Å². The number of nitrogens with zero attached hydrogens (tertiary/aromatic N) is 4. The van der Waals surface area contributed by atoms with Crippen molar-refractivity contribution in [3.8, 4) is 11.4 Å². The predicted octanol–water partition coefficient (Wildman–Crippen LogP) is 2.51. The predicted molar refractivity (Wildman–Crippen MR) is 131 cm³/mol. The van der Waals surface area contributed by atoms with E-state index in [4.69, 9.17) is 19.5 Å². The lowest BCUT2D eigenvalue weighted by Crippen LogP contribution is -2.47. The Morgan fingerprint density at radius 3 is 2.81 bits per heavy atom. The van der Waals surface area contributed by atoms with Crippen LogP contribution in [0.1, 0.15) is 43.9 Å². The number of aliphatic imine (C=N–C) groups is 1. The fourth-order valence-corrected chi connectivity index (χ4v) is 5.65. The largest absolute Gasteiger partial charge is 0.457 e. The standard InChI is InChI=1S/C26H24N4O6/c1-4-26(36-14(3)32)17-10-20-22-15(11-30(20)24(33)16(17)12-35-25(26)34)23-21-18(6-5-7-19(21)28-22)27-13(2)29(23)8-9-31/h5-7,10,31H,4,8-9,11-12H2,1-3H3/t26-/m0/s1. The molecule has 3 aromatic rings. The number of ether oxygens (including phenoxy) is 2. The van der Waals surface area contributed by atoms with Gasteiger partial charge in [-0.25, -0.2) is 14.8 Å². The highest BCUT2D eigenvalue weighted by Gasteiger charge is 2.50. The number of cyclic esters (lactones) is 1. The molecule has 1 aromatic carbocycles. The number of esters is 2. The van der Waals surface area contributed by atoms with Crippen LogP contribution in [0.2, 0.25) is 0 Å². The molecule has 2 aromatic heterocycles. The van der Waals surface area contributed by atoms with E-state index >= 15 is 0 Å². The lowest BCUT2D eigenvalue weighted by molar-refractivity contribution is -0.188. The van der Waals surface area contributed by atoms with Gasteiger partial charge in [0.1, 0.15) is 12.4 Å². The molecular weight excluding hydrogens is 464 g/mol. The van der Waals surface area contributed by atoms with Gasteiger partial charge >= 0.3 is 11.9 Å². The maximum atomic E-state index is 13.7. The van der Waals surface area contributed by atoms with E-state index in [0.29, 0.717) is 29.0 Å². The minimum atomic E-state index is -1.69. The third-order valence-corrected chi connectivity index (χ3v) is 7.22. The molecule has 10 heteroatoms. The third-order valence-electron chi connectivity index (χ3n) is 7.22. The van der Waals surface area contributed by atoms with E-state index in [-0.39, 0.29) is 37.3 Å². The van der Waals surface area contributed by atoms with Gasteiger partial charge in [0.05, 0.1) is 52.4 Å². The number of pyridine rings is 2. The van der Waals surface area contributed by atoms with Crippen molar-refractivity contribution in [2.45, 2.75) is 45.9 Å². The number of β-amino-alcohol motifs (C(OH)–C–C–N with tert-alkyl or cyclic N) is 1. The minimum Gasteiger partial charge on any atom is -0.457 e. The first kappa shape index (κ1) is 22.4. The highest BCUT2D eigenvalue weighted by molar-refractivity contribution is 6.15. The Hall–Kier alpha value is -4.05. The second-order valence-corrected chi connectivity index (χ2v) is 9.16. The average molecular weight is 489 g/mol. The normalized spacial score (nSPS) is 19.4. The number of aromatic nitrogens is 2. The molecule has 0 amide bonds. The molecule has 0 radical (unpaired) electrons. The summed E-state index contributed by atoms with van der Waals surface area (Å²) in [7, 11) is 0. The second-order valence-electron chi connectivity index (χ2n) is 9.16. The summed E-state index contributed by atoms with van der Waals surface area (Å²) in [5, 5.41) is 10.6. The fourth-order valence-electron chi connectivity index (χ4n) is 5.65. The molecule has 5 heterocycles. The van der Waals surface area contributed by atoms with Crippen molar-refractivity contribution in [2.75, 3.05) is 18.1 Å². The highest BCUT2D eigenvalue weighted by Crippen LogP contribution is 2.47. The number of rotatable bonds is 4. The van der Waals surface area contributed by atoms with Crippen LogP contribution in [-0.2, 0) is 37.8 Å². The van der Waals surface area contributed by atoms with Crippen molar-refractivity contribution in [2.24, 2.45) is 4.99 Å². The van der Waals surface area contributed by atoms with Gasteiger partial charge in [-0.3, -0.25) is 9.59 Å². The van der Waals surface area contributed by atoms with Crippen molar-refractivity contribution in [1.29, 1.82) is 0 Å². The number of hydrogen-bond donors (Lipinski definition) is 1. The van der Waals surface area contributed by atoms with Crippen molar-refractivity contribution < 1.29 is 24.2 Å². The fraction of sp³-hybridized carbons (Fsp3) is 0.346. The van der Waals surface area contributed by atoms with Crippen LogP contribution >= 0.6 is 0 Å². The molecule has 1 atom stereocenters. The number of amidine groups is 1. The molecule has 36 heavy (non-hydrogen) atoms. The smallest absolute Gasteiger partial charge is 0.355 e. The number of aliphatic hydroxyl groups is 1. The zero-order valence-corrected chi connectivity index (χ0v) is 20.1. The van der Waals surface area contributed by atoms with Gasteiger partial charge in [-0.1, -0.05) is 13.0 Å². The monoisotopic (exact) mass is 488 g/mol. The molecular formula is C26H24N4O6. The lowest BCUT2D eigenvalue weighted by Gasteiger charge is -2.35. The first-order valence-corrected chi connectivity index (χ1v) is 11.8. The summed E-state index contributed by atoms with van der Waals surface area (Å²) >= 11 is 0. The SMILES string of the molecule is CC[C@@]1(OC(C)=O)C(=O)OCc2c1cc1n(c2=O)Cc2c-1nc1cccc3c1c2N(CCO)C(C)=N3. The van der Waals surface area contributed by atoms with Gasteiger partial charge in [-0.2, -0.15) is 0 Å². The molecule has 3 aliphatic rings. The summed E-state index contributed by atoms with van der Waals surface area (Å²) in [5.41, 5.74) is 2.96. The highest BCUT2D eigenvalue weighted by atomic mass is 16.6. The van der Waals surface area contributed by atoms with E-state index in [0.717, 1.165) is 28.2 Å². The Morgan fingerprint density at radius 2 is 2.08 bits per heavy atom. The summed E-state index contributed by atoms with van der Waals surface area (Å²) in [6, 6.07) is 7.43. The maximum absolute atomic E-state index is 13.7. The molecule has 0 saturated carbocycles. The third kappa shape index (κ3) is 2.84. The van der Waals surface area contributed by atoms with E-state index < -0.39 is 17.5 Å². The number of fused-ring (bicyclic) bond motifs is 5. The van der Waals surface area contributed by atoms with Crippen molar-refractivity contribution in [3.63, 3.8) is 0 Å². The molecule has 0 bridgehead atoms. The number of aliphatic hydroxyl groups excluding tert-OH is 1. The Labute approximate surface area is 205 Å². The second kappa shape index (κ2) is 7.72. The molecule has 0 spiro atoms. The number of anilines is 1. The molecule has 0 unspecified atom stereocenters. The van der Waals surface area contributed by atoms with E-state index in [9.17, 15) is 19.5 Å². The van der Waals surface area contributed by atoms with E-state index in [2.05, 4.69) is 0 Å². The van der Waals surface area contributed by atoms with Crippen molar-refractivity contribution in [1.82, 2.24) is 9.55 Å². The summed E-state index contributed by atoms with van der Waals surface area (Å²) in [6.07, 6.45) is 0.119. The van der Waals surface area contributed by atoms with Gasteiger partial charge < -0.3 is 24.0 Å². The van der Waals surface area contributed by atoms with Gasteiger partial charge in [-0.15, -0.1) is 0 Å². The van der Waals surface area contributed by atoms with Crippen LogP contribution in [0.15, 0.2) is 34.1 Å². The Balaban J connectivity index is 1.66. The zero-order chi connectivity index (χ0) is 25.4. The van der Waals surface area contributed by atoms with Gasteiger partial charge in [0.25, 0.3) is 5.56 Å². The zero-order valence-electron chi connectivity index (χ0n) is 20.1. The summed E-state index contributed by atoms with van der Waals surface area (Å²) in [5.74, 6) is -0.598. The van der Waals surface area contributed by atoms with Gasteiger partial charge in [0.2, 0.25) is 5.60 Å². The quantitative estimate of drug-likeness (QED) is 0.435.